The van der Waals surface area contributed by atoms with Gasteiger partial charge in [0.25, 0.3) is 0 Å². The average molecular weight is 524 g/mol. The second-order valence-corrected chi connectivity index (χ2v) is 10.3. The van der Waals surface area contributed by atoms with Gasteiger partial charge in [0.05, 0.1) is 13.2 Å². The Bertz CT molecular complexity index is 1550. The molecule has 3 N–H and O–H groups in total. The lowest BCUT2D eigenvalue weighted by atomic mass is 9.94. The van der Waals surface area contributed by atoms with Gasteiger partial charge in [-0.2, -0.15) is 9.97 Å². The number of imidazole rings is 1. The molecule has 9 heteroatoms. The third kappa shape index (κ3) is 5.22. The Hall–Kier alpha value is -4.24. The standard InChI is InChI=1S/C30H33N7O2/c1-19-33-27-28(31)34-30-35-29(27)37(19)16-22-9-12-26(24(14-22)6-4-3-5-13-39-30)23-10-7-21(8-11-23)15-32-25-17-36(18-25)20(2)38/h3-4,7-12,14,25,32H,5-6,13,15-18H2,1-2H3,(H2,31,34,35)/b4-3-. The molecule has 1 saturated heterocycles. The van der Waals surface area contributed by atoms with E-state index < -0.39 is 0 Å². The molecule has 4 aromatic rings. The summed E-state index contributed by atoms with van der Waals surface area (Å²) in [5.74, 6) is 1.31. The zero-order valence-corrected chi connectivity index (χ0v) is 22.4. The summed E-state index contributed by atoms with van der Waals surface area (Å²) >= 11 is 0. The molecule has 9 nitrogen and oxygen atoms in total. The first-order valence-electron chi connectivity index (χ1n) is 13.4. The van der Waals surface area contributed by atoms with E-state index in [2.05, 4.69) is 79.5 Å². The number of nitrogens with two attached hydrogens (primary N) is 1. The molecule has 2 aromatic carbocycles. The van der Waals surface area contributed by atoms with Crippen molar-refractivity contribution in [3.05, 3.63) is 77.1 Å². The van der Waals surface area contributed by atoms with Crippen molar-refractivity contribution in [2.75, 3.05) is 25.4 Å². The normalized spacial score (nSPS) is 16.5. The Morgan fingerprint density at radius 3 is 2.72 bits per heavy atom. The zero-order valence-electron chi connectivity index (χ0n) is 22.4. The minimum absolute atomic E-state index is 0.145. The molecule has 39 heavy (non-hydrogen) atoms. The molecule has 0 unspecified atom stereocenters. The monoisotopic (exact) mass is 523 g/mol. The van der Waals surface area contributed by atoms with Crippen LogP contribution in [0.3, 0.4) is 0 Å². The number of amides is 1. The number of nitrogens with zero attached hydrogens (tertiary/aromatic N) is 5. The van der Waals surface area contributed by atoms with Crippen molar-refractivity contribution in [3.63, 3.8) is 0 Å². The van der Waals surface area contributed by atoms with Gasteiger partial charge in [-0.1, -0.05) is 54.6 Å². The van der Waals surface area contributed by atoms with E-state index in [1.165, 1.54) is 27.8 Å². The number of ether oxygens (including phenoxy) is 1. The number of likely N-dealkylation sites (tertiary alicyclic amines) is 1. The lowest BCUT2D eigenvalue weighted by molar-refractivity contribution is -0.133. The van der Waals surface area contributed by atoms with Crippen LogP contribution in [0.15, 0.2) is 54.6 Å². The van der Waals surface area contributed by atoms with E-state index in [0.29, 0.717) is 36.2 Å². The molecule has 0 radical (unpaired) electrons. The molecule has 0 saturated carbocycles. The third-order valence-corrected chi connectivity index (χ3v) is 7.51. The number of allylic oxidation sites excluding steroid dienone is 1. The molecule has 1 amide bonds. The van der Waals surface area contributed by atoms with Crippen molar-refractivity contribution in [1.82, 2.24) is 29.7 Å². The summed E-state index contributed by atoms with van der Waals surface area (Å²) in [5, 5.41) is 3.55. The molecule has 0 aliphatic carbocycles. The molecule has 6 rings (SSSR count). The van der Waals surface area contributed by atoms with Gasteiger partial charge >= 0.3 is 6.01 Å². The van der Waals surface area contributed by atoms with Gasteiger partial charge in [0, 0.05) is 32.6 Å². The summed E-state index contributed by atoms with van der Waals surface area (Å²) in [5.41, 5.74) is 13.6. The molecule has 2 aromatic heterocycles. The van der Waals surface area contributed by atoms with E-state index in [1.54, 1.807) is 6.92 Å². The van der Waals surface area contributed by atoms with Crippen LogP contribution in [0.5, 0.6) is 6.01 Å². The highest BCUT2D eigenvalue weighted by Gasteiger charge is 2.27. The summed E-state index contributed by atoms with van der Waals surface area (Å²) in [6, 6.07) is 16.1. The molecule has 1 fully saturated rings. The van der Waals surface area contributed by atoms with Gasteiger partial charge < -0.3 is 25.3 Å². The molecule has 200 valence electrons. The number of nitrogens with one attached hydrogen (secondary N) is 1. The van der Waals surface area contributed by atoms with Crippen LogP contribution in [-0.2, 0) is 24.3 Å². The summed E-state index contributed by atoms with van der Waals surface area (Å²) < 4.78 is 7.87. The van der Waals surface area contributed by atoms with Crippen molar-refractivity contribution >= 4 is 22.9 Å². The molecule has 4 bridgehead atoms. The average Bonchev–Trinajstić information content (AvgIpc) is 3.20. The SMILES string of the molecule is CC(=O)N1CC(NCc2ccc(-c3ccc4cc3C/C=C\CCOc3nc(N)c5nc(C)n(c5n3)C4)cc2)C1. The van der Waals surface area contributed by atoms with Crippen LogP contribution in [0.4, 0.5) is 5.82 Å². The van der Waals surface area contributed by atoms with Gasteiger partial charge in [0.1, 0.15) is 5.82 Å². The molecule has 2 aliphatic rings. The van der Waals surface area contributed by atoms with E-state index in [1.807, 2.05) is 11.8 Å². The van der Waals surface area contributed by atoms with Crippen molar-refractivity contribution in [2.45, 2.75) is 45.8 Å². The number of hydrogen-bond donors (Lipinski definition) is 2. The highest BCUT2D eigenvalue weighted by atomic mass is 16.5. The smallest absolute Gasteiger partial charge is 0.320 e. The van der Waals surface area contributed by atoms with E-state index in [4.69, 9.17) is 10.5 Å². The summed E-state index contributed by atoms with van der Waals surface area (Å²) in [4.78, 5) is 26.8. The summed E-state index contributed by atoms with van der Waals surface area (Å²) in [6.07, 6.45) is 5.92. The van der Waals surface area contributed by atoms with Gasteiger partial charge in [-0.25, -0.2) is 4.98 Å². The van der Waals surface area contributed by atoms with Gasteiger partial charge in [0.15, 0.2) is 17.0 Å². The Morgan fingerprint density at radius 1 is 1.10 bits per heavy atom. The number of nitrogen functional groups attached to an aromatic ring is 1. The minimum Gasteiger partial charge on any atom is -0.463 e. The van der Waals surface area contributed by atoms with Crippen LogP contribution in [0.2, 0.25) is 0 Å². The largest absolute Gasteiger partial charge is 0.463 e. The van der Waals surface area contributed by atoms with Gasteiger partial charge in [0.2, 0.25) is 5.91 Å². The number of carbonyl (C=O) groups is 1. The molecule has 4 heterocycles. The Kier molecular flexibility index (Phi) is 6.74. The quantitative estimate of drug-likeness (QED) is 0.393. The van der Waals surface area contributed by atoms with Crippen molar-refractivity contribution in [3.8, 4) is 17.1 Å². The van der Waals surface area contributed by atoms with E-state index in [9.17, 15) is 4.79 Å². The van der Waals surface area contributed by atoms with Gasteiger partial charge in [-0.3, -0.25) is 4.79 Å². The number of aromatic nitrogens is 4. The third-order valence-electron chi connectivity index (χ3n) is 7.51. The number of fused-ring (bicyclic) bond motifs is 3. The topological polar surface area (TPSA) is 111 Å². The van der Waals surface area contributed by atoms with Gasteiger partial charge in [-0.05, 0) is 47.6 Å². The van der Waals surface area contributed by atoms with Crippen LogP contribution in [0.25, 0.3) is 22.3 Å². The molecular weight excluding hydrogens is 490 g/mol. The summed E-state index contributed by atoms with van der Waals surface area (Å²) in [6.45, 7) is 7.06. The Labute approximate surface area is 227 Å². The molecule has 2 aliphatic heterocycles. The maximum atomic E-state index is 11.4. The number of benzene rings is 2. The fraction of sp³-hybridized carbons (Fsp3) is 0.333. The zero-order chi connectivity index (χ0) is 26.9. The fourth-order valence-corrected chi connectivity index (χ4v) is 5.22. The molecule has 0 spiro atoms. The first kappa shape index (κ1) is 25.1. The van der Waals surface area contributed by atoms with Crippen LogP contribution in [-0.4, -0.2) is 56.1 Å². The summed E-state index contributed by atoms with van der Waals surface area (Å²) in [7, 11) is 0. The van der Waals surface area contributed by atoms with E-state index >= 15 is 0 Å². The number of aryl methyl sites for hydroxylation is 1. The Morgan fingerprint density at radius 2 is 1.92 bits per heavy atom. The van der Waals surface area contributed by atoms with Crippen LogP contribution in [0, 0.1) is 6.92 Å². The first-order chi connectivity index (χ1) is 18.9. The second kappa shape index (κ2) is 10.5. The van der Waals surface area contributed by atoms with Crippen molar-refractivity contribution < 1.29 is 9.53 Å². The highest BCUT2D eigenvalue weighted by Crippen LogP contribution is 2.28. The first-order valence-corrected chi connectivity index (χ1v) is 13.4. The highest BCUT2D eigenvalue weighted by molar-refractivity contribution is 5.82. The predicted molar refractivity (Wildman–Crippen MR) is 151 cm³/mol. The fourth-order valence-electron chi connectivity index (χ4n) is 5.22. The maximum absolute atomic E-state index is 11.4. The maximum Gasteiger partial charge on any atom is 0.320 e. The number of rotatable bonds is 4. The predicted octanol–water partition coefficient (Wildman–Crippen LogP) is 3.63. The Balaban J connectivity index is 1.25. The van der Waals surface area contributed by atoms with Crippen LogP contribution >= 0.6 is 0 Å². The lowest BCUT2D eigenvalue weighted by Gasteiger charge is -2.39. The van der Waals surface area contributed by atoms with Crippen molar-refractivity contribution in [1.29, 1.82) is 0 Å². The molecule has 0 atom stereocenters. The number of carbonyl (C=O) groups excluding carboxylic acids is 1. The number of hydrogen-bond acceptors (Lipinski definition) is 7. The minimum atomic E-state index is 0.145. The van der Waals surface area contributed by atoms with Crippen LogP contribution in [0.1, 0.15) is 35.9 Å². The molecular formula is C30H33N7O2. The van der Waals surface area contributed by atoms with Crippen LogP contribution < -0.4 is 15.8 Å². The lowest BCUT2D eigenvalue weighted by Crippen LogP contribution is -2.59. The number of anilines is 1. The second-order valence-electron chi connectivity index (χ2n) is 10.3. The van der Waals surface area contributed by atoms with E-state index in [-0.39, 0.29) is 11.9 Å². The van der Waals surface area contributed by atoms with E-state index in [0.717, 1.165) is 38.3 Å². The van der Waals surface area contributed by atoms with Crippen molar-refractivity contribution in [2.24, 2.45) is 0 Å². The van der Waals surface area contributed by atoms with Gasteiger partial charge in [-0.15, -0.1) is 0 Å².